The summed E-state index contributed by atoms with van der Waals surface area (Å²) in [7, 11) is 12.0. The van der Waals surface area contributed by atoms with Crippen LogP contribution in [0.15, 0.2) is 12.2 Å². The fourth-order valence-electron chi connectivity index (χ4n) is 0.236. The molecule has 0 N–H and O–H groups in total. The Bertz CT molecular complexity index is 83.1. The van der Waals surface area contributed by atoms with Crippen molar-refractivity contribution in [2.24, 2.45) is 0 Å². The average Bonchev–Trinajstić information content (AvgIpc) is 1.86. The van der Waals surface area contributed by atoms with Crippen LogP contribution in [0.2, 0.25) is 0 Å². The Morgan fingerprint density at radius 3 is 1.00 bits per heavy atom. The Labute approximate surface area is 110 Å². The van der Waals surface area contributed by atoms with Crippen molar-refractivity contribution >= 4 is 24.8 Å². The van der Waals surface area contributed by atoms with Crippen LogP contribution in [-0.4, -0.2) is 52.1 Å². The van der Waals surface area contributed by atoms with Crippen LogP contribution in [0.1, 0.15) is 20.3 Å². The molecule has 0 aliphatic carbocycles. The monoisotopic (exact) mass is 260 g/mol. The third kappa shape index (κ3) is 425. The Kier molecular flexibility index (Phi) is 57.4. The van der Waals surface area contributed by atoms with Gasteiger partial charge in [0.05, 0.1) is 0 Å². The van der Waals surface area contributed by atoms with Crippen molar-refractivity contribution in [3.8, 4) is 0 Å². The van der Waals surface area contributed by atoms with Gasteiger partial charge in [0.2, 0.25) is 0 Å². The summed E-state index contributed by atoms with van der Waals surface area (Å²) in [5.41, 5.74) is 0. The molecule has 0 saturated carbocycles. The van der Waals surface area contributed by atoms with Gasteiger partial charge in [-0.15, -0.1) is 24.8 Å². The zero-order valence-corrected chi connectivity index (χ0v) is 13.2. The summed E-state index contributed by atoms with van der Waals surface area (Å²) in [4.78, 5) is 4.00. The number of hydrogen-bond donors (Lipinski definition) is 0. The predicted octanol–water partition coefficient (Wildman–Crippen LogP) is 3.17. The highest BCUT2D eigenvalue weighted by molar-refractivity contribution is 5.85. The van der Waals surface area contributed by atoms with E-state index in [0.717, 1.165) is 6.42 Å². The first kappa shape index (κ1) is 29.5. The first-order valence-corrected chi connectivity index (χ1v) is 4.71. The van der Waals surface area contributed by atoms with Crippen molar-refractivity contribution in [3.05, 3.63) is 12.2 Å². The first-order valence-electron chi connectivity index (χ1n) is 4.71. The molecule has 0 amide bonds. The number of rotatable bonds is 1. The highest BCUT2D eigenvalue weighted by atomic mass is 35.5. The molecule has 0 aliphatic heterocycles. The molecule has 0 spiro atoms. The zero-order chi connectivity index (χ0) is 11.3. The fourth-order valence-corrected chi connectivity index (χ4v) is 0.236. The lowest BCUT2D eigenvalue weighted by Crippen LogP contribution is -1.99. The third-order valence-corrected chi connectivity index (χ3v) is 0.471. The number of halogens is 2. The highest BCUT2D eigenvalue weighted by Gasteiger charge is 1.58. The molecule has 0 aromatic heterocycles. The smallest absolute Gasteiger partial charge is 0.0140 e. The van der Waals surface area contributed by atoms with Crippen molar-refractivity contribution < 1.29 is 0 Å². The van der Waals surface area contributed by atoms with Gasteiger partial charge < -0.3 is 9.80 Å². The molecule has 0 saturated heterocycles. The fraction of sp³-hybridized carbons (Fsp3) is 0.818. The van der Waals surface area contributed by atoms with Crippen molar-refractivity contribution in [2.75, 3.05) is 42.3 Å². The van der Waals surface area contributed by atoms with Crippen molar-refractivity contribution in [1.82, 2.24) is 9.80 Å². The van der Waals surface area contributed by atoms with Crippen LogP contribution < -0.4 is 0 Å². The topological polar surface area (TPSA) is 6.48 Å². The number of nitrogens with zero attached hydrogens (tertiary/aromatic N) is 2. The van der Waals surface area contributed by atoms with Crippen molar-refractivity contribution in [1.29, 1.82) is 0 Å². The molecule has 0 rings (SSSR count). The maximum Gasteiger partial charge on any atom is -0.0140 e. The molecule has 0 radical (unpaired) electrons. The van der Waals surface area contributed by atoms with Gasteiger partial charge in [0.15, 0.2) is 0 Å². The predicted molar refractivity (Wildman–Crippen MR) is 78.8 cm³/mol. The van der Waals surface area contributed by atoms with Crippen LogP contribution in [0.5, 0.6) is 0 Å². The standard InChI is InChI=1S/C5H10.2C3H9N.2ClH/c1-3-5-4-2;2*1-4(2)3;;/h3,5H,4H2,1-2H3;2*1-3H3;2*1H. The molecule has 0 fully saturated rings. The first-order chi connectivity index (χ1) is 5.88. The van der Waals surface area contributed by atoms with E-state index in [9.17, 15) is 0 Å². The van der Waals surface area contributed by atoms with E-state index in [1.807, 2.05) is 59.0 Å². The molecule has 0 aliphatic rings. The zero-order valence-electron chi connectivity index (χ0n) is 11.6. The van der Waals surface area contributed by atoms with E-state index in [4.69, 9.17) is 0 Å². The lowest BCUT2D eigenvalue weighted by atomic mass is 10.4. The number of allylic oxidation sites excluding steroid dienone is 2. The van der Waals surface area contributed by atoms with Gasteiger partial charge in [0, 0.05) is 0 Å². The average molecular weight is 261 g/mol. The van der Waals surface area contributed by atoms with Gasteiger partial charge in [0.25, 0.3) is 0 Å². The third-order valence-electron chi connectivity index (χ3n) is 0.471. The molecule has 0 unspecified atom stereocenters. The van der Waals surface area contributed by atoms with Crippen LogP contribution in [0.3, 0.4) is 0 Å². The van der Waals surface area contributed by atoms with E-state index in [-0.39, 0.29) is 24.8 Å². The van der Waals surface area contributed by atoms with Crippen LogP contribution in [0.25, 0.3) is 0 Å². The highest BCUT2D eigenvalue weighted by Crippen LogP contribution is 1.73. The quantitative estimate of drug-likeness (QED) is 0.669. The Hall–Kier alpha value is 0.240. The lowest BCUT2D eigenvalue weighted by Gasteiger charge is -1.90. The van der Waals surface area contributed by atoms with Gasteiger partial charge in [-0.1, -0.05) is 19.1 Å². The maximum atomic E-state index is 2.12. The summed E-state index contributed by atoms with van der Waals surface area (Å²) in [6.07, 6.45) is 5.34. The van der Waals surface area contributed by atoms with E-state index in [0.29, 0.717) is 0 Å². The second-order valence-corrected chi connectivity index (χ2v) is 3.66. The Morgan fingerprint density at radius 1 is 0.800 bits per heavy atom. The minimum Gasteiger partial charge on any atom is -0.312 e. The van der Waals surface area contributed by atoms with Gasteiger partial charge in [-0.25, -0.2) is 0 Å². The molecule has 15 heavy (non-hydrogen) atoms. The van der Waals surface area contributed by atoms with Crippen LogP contribution >= 0.6 is 24.8 Å². The van der Waals surface area contributed by atoms with Crippen molar-refractivity contribution in [2.45, 2.75) is 20.3 Å². The van der Waals surface area contributed by atoms with Gasteiger partial charge in [-0.2, -0.15) is 0 Å². The van der Waals surface area contributed by atoms with Gasteiger partial charge in [0.1, 0.15) is 0 Å². The van der Waals surface area contributed by atoms with E-state index in [1.165, 1.54) is 0 Å². The summed E-state index contributed by atoms with van der Waals surface area (Å²) in [5.74, 6) is 0. The molecule has 2 nitrogen and oxygen atoms in total. The maximum absolute atomic E-state index is 2.12. The molecule has 98 valence electrons. The SMILES string of the molecule is CC=CCC.CN(C)C.CN(C)C.Cl.Cl. The molecule has 0 aromatic rings. The molecule has 0 aromatic carbocycles. The molecular weight excluding hydrogens is 231 g/mol. The Balaban J connectivity index is -0.0000000315. The normalized spacial score (nSPS) is 8.13. The van der Waals surface area contributed by atoms with Crippen molar-refractivity contribution in [3.63, 3.8) is 0 Å². The van der Waals surface area contributed by atoms with E-state index >= 15 is 0 Å². The van der Waals surface area contributed by atoms with Crippen LogP contribution in [0, 0.1) is 0 Å². The molecule has 4 heteroatoms. The molecule has 0 bridgehead atoms. The van der Waals surface area contributed by atoms with Crippen LogP contribution in [-0.2, 0) is 0 Å². The summed E-state index contributed by atoms with van der Waals surface area (Å²) in [6.45, 7) is 4.16. The summed E-state index contributed by atoms with van der Waals surface area (Å²) >= 11 is 0. The second-order valence-electron chi connectivity index (χ2n) is 3.66. The van der Waals surface area contributed by atoms with Gasteiger partial charge in [-0.3, -0.25) is 0 Å². The molecule has 0 heterocycles. The van der Waals surface area contributed by atoms with Gasteiger partial charge in [-0.05, 0) is 55.6 Å². The van der Waals surface area contributed by atoms with Gasteiger partial charge >= 0.3 is 0 Å². The largest absolute Gasteiger partial charge is 0.312 e. The molecule has 0 atom stereocenters. The minimum absolute atomic E-state index is 0. The minimum atomic E-state index is 0. The summed E-state index contributed by atoms with van der Waals surface area (Å²) in [6, 6.07) is 0. The summed E-state index contributed by atoms with van der Waals surface area (Å²) in [5, 5.41) is 0. The van der Waals surface area contributed by atoms with E-state index < -0.39 is 0 Å². The summed E-state index contributed by atoms with van der Waals surface area (Å²) < 4.78 is 0. The second kappa shape index (κ2) is 29.2. The Morgan fingerprint density at radius 2 is 1.00 bits per heavy atom. The van der Waals surface area contributed by atoms with E-state index in [2.05, 4.69) is 19.1 Å². The molecular formula is C11H30Cl2N2. The lowest BCUT2D eigenvalue weighted by molar-refractivity contribution is 0.505. The number of hydrogen-bond acceptors (Lipinski definition) is 2. The van der Waals surface area contributed by atoms with Crippen LogP contribution in [0.4, 0.5) is 0 Å². The van der Waals surface area contributed by atoms with E-state index in [1.54, 1.807) is 0 Å².